The Bertz CT molecular complexity index is 440. The van der Waals surface area contributed by atoms with Crippen LogP contribution in [0.25, 0.3) is 5.65 Å². The van der Waals surface area contributed by atoms with E-state index in [2.05, 4.69) is 16.0 Å². The summed E-state index contributed by atoms with van der Waals surface area (Å²) in [5.41, 5.74) is 3.35. The topological polar surface area (TPSA) is 17.3 Å². The lowest BCUT2D eigenvalue weighted by Gasteiger charge is -1.99. The monoisotopic (exact) mass is 172 g/mol. The van der Waals surface area contributed by atoms with Gasteiger partial charge in [0.15, 0.2) is 0 Å². The Kier molecular flexibility index (Phi) is 1.89. The first-order valence-electron chi connectivity index (χ1n) is 4.33. The van der Waals surface area contributed by atoms with Crippen molar-refractivity contribution in [2.24, 2.45) is 0 Å². The maximum Gasteiger partial charge on any atom is 0.136 e. The van der Waals surface area contributed by atoms with E-state index < -0.39 is 0 Å². The summed E-state index contributed by atoms with van der Waals surface area (Å²) in [5.74, 6) is 0. The SMILES string of the molecule is C=C(C)Cc1cnc2ccccn12. The van der Waals surface area contributed by atoms with Crippen molar-refractivity contribution < 1.29 is 0 Å². The molecule has 2 aromatic heterocycles. The molecule has 0 bridgehead atoms. The highest BCUT2D eigenvalue weighted by molar-refractivity contribution is 5.40. The van der Waals surface area contributed by atoms with Gasteiger partial charge in [-0.3, -0.25) is 0 Å². The molecular weight excluding hydrogens is 160 g/mol. The first-order chi connectivity index (χ1) is 6.27. The fourth-order valence-corrected chi connectivity index (χ4v) is 1.43. The molecule has 0 aliphatic heterocycles. The third kappa shape index (κ3) is 1.47. The second kappa shape index (κ2) is 3.05. The van der Waals surface area contributed by atoms with Gasteiger partial charge in [0.2, 0.25) is 0 Å². The van der Waals surface area contributed by atoms with Crippen LogP contribution in [0.2, 0.25) is 0 Å². The number of hydrogen-bond donors (Lipinski definition) is 0. The fourth-order valence-electron chi connectivity index (χ4n) is 1.43. The second-order valence-electron chi connectivity index (χ2n) is 3.31. The summed E-state index contributed by atoms with van der Waals surface area (Å²) < 4.78 is 2.09. The van der Waals surface area contributed by atoms with E-state index in [1.165, 1.54) is 5.69 Å². The van der Waals surface area contributed by atoms with E-state index in [4.69, 9.17) is 0 Å². The molecule has 0 radical (unpaired) electrons. The Morgan fingerprint density at radius 2 is 2.38 bits per heavy atom. The lowest BCUT2D eigenvalue weighted by Crippen LogP contribution is -1.92. The van der Waals surface area contributed by atoms with Crippen LogP contribution >= 0.6 is 0 Å². The van der Waals surface area contributed by atoms with Gasteiger partial charge in [0.25, 0.3) is 0 Å². The molecule has 0 N–H and O–H groups in total. The molecule has 2 rings (SSSR count). The van der Waals surface area contributed by atoms with E-state index in [9.17, 15) is 0 Å². The van der Waals surface area contributed by atoms with Crippen LogP contribution in [0.5, 0.6) is 0 Å². The predicted molar refractivity (Wildman–Crippen MR) is 53.7 cm³/mol. The van der Waals surface area contributed by atoms with Crippen molar-refractivity contribution in [3.8, 4) is 0 Å². The van der Waals surface area contributed by atoms with Gasteiger partial charge in [-0.1, -0.05) is 18.2 Å². The van der Waals surface area contributed by atoms with Gasteiger partial charge >= 0.3 is 0 Å². The number of rotatable bonds is 2. The van der Waals surface area contributed by atoms with Crippen LogP contribution in [-0.4, -0.2) is 9.38 Å². The first kappa shape index (κ1) is 8.05. The fraction of sp³-hybridized carbons (Fsp3) is 0.182. The Hall–Kier alpha value is -1.57. The van der Waals surface area contributed by atoms with E-state index in [-0.39, 0.29) is 0 Å². The molecule has 0 saturated carbocycles. The number of nitrogens with zero attached hydrogens (tertiary/aromatic N) is 2. The normalized spacial score (nSPS) is 10.5. The average Bonchev–Trinajstić information content (AvgIpc) is 2.48. The van der Waals surface area contributed by atoms with E-state index in [1.54, 1.807) is 0 Å². The van der Waals surface area contributed by atoms with E-state index >= 15 is 0 Å². The molecule has 66 valence electrons. The summed E-state index contributed by atoms with van der Waals surface area (Å²) in [7, 11) is 0. The highest BCUT2D eigenvalue weighted by Gasteiger charge is 2.00. The van der Waals surface area contributed by atoms with Crippen molar-refractivity contribution in [2.45, 2.75) is 13.3 Å². The zero-order valence-electron chi connectivity index (χ0n) is 7.70. The van der Waals surface area contributed by atoms with Gasteiger partial charge < -0.3 is 4.40 Å². The van der Waals surface area contributed by atoms with Gasteiger partial charge in [-0.15, -0.1) is 0 Å². The molecule has 2 heteroatoms. The molecule has 2 heterocycles. The first-order valence-corrected chi connectivity index (χ1v) is 4.33. The Morgan fingerprint density at radius 3 is 3.15 bits per heavy atom. The summed E-state index contributed by atoms with van der Waals surface area (Å²) in [5, 5.41) is 0. The Morgan fingerprint density at radius 1 is 1.54 bits per heavy atom. The van der Waals surface area contributed by atoms with Gasteiger partial charge in [-0.05, 0) is 19.1 Å². The third-order valence-electron chi connectivity index (χ3n) is 1.98. The standard InChI is InChI=1S/C11H12N2/c1-9(2)7-10-8-12-11-5-3-4-6-13(10)11/h3-6,8H,1,7H2,2H3. The number of allylic oxidation sites excluding steroid dienone is 1. The Balaban J connectivity index is 2.51. The molecule has 2 nitrogen and oxygen atoms in total. The maximum absolute atomic E-state index is 4.29. The molecule has 0 aromatic carbocycles. The number of fused-ring (bicyclic) bond motifs is 1. The quantitative estimate of drug-likeness (QED) is 0.636. The average molecular weight is 172 g/mol. The molecule has 0 fully saturated rings. The zero-order valence-corrected chi connectivity index (χ0v) is 7.70. The maximum atomic E-state index is 4.29. The minimum Gasteiger partial charge on any atom is -0.304 e. The van der Waals surface area contributed by atoms with Crippen molar-refractivity contribution in [1.29, 1.82) is 0 Å². The molecule has 0 aliphatic rings. The van der Waals surface area contributed by atoms with E-state index in [0.717, 1.165) is 17.6 Å². The molecule has 0 atom stereocenters. The summed E-state index contributed by atoms with van der Waals surface area (Å²) in [6.45, 7) is 5.93. The van der Waals surface area contributed by atoms with Gasteiger partial charge in [0.1, 0.15) is 5.65 Å². The van der Waals surface area contributed by atoms with Crippen LogP contribution in [-0.2, 0) is 6.42 Å². The zero-order chi connectivity index (χ0) is 9.26. The lowest BCUT2D eigenvalue weighted by atomic mass is 10.2. The molecule has 13 heavy (non-hydrogen) atoms. The number of imidazole rings is 1. The van der Waals surface area contributed by atoms with E-state index in [1.807, 2.05) is 37.5 Å². The highest BCUT2D eigenvalue weighted by atomic mass is 15.0. The Labute approximate surface area is 77.5 Å². The molecule has 0 aliphatic carbocycles. The molecule has 0 saturated heterocycles. The van der Waals surface area contributed by atoms with Crippen molar-refractivity contribution in [3.05, 3.63) is 48.4 Å². The van der Waals surface area contributed by atoms with Gasteiger partial charge in [0, 0.05) is 24.5 Å². The molecule has 2 aromatic rings. The third-order valence-corrected chi connectivity index (χ3v) is 1.98. The molecular formula is C11H12N2. The second-order valence-corrected chi connectivity index (χ2v) is 3.31. The summed E-state index contributed by atoms with van der Waals surface area (Å²) in [6, 6.07) is 6.01. The van der Waals surface area contributed by atoms with Crippen LogP contribution in [0.3, 0.4) is 0 Å². The smallest absolute Gasteiger partial charge is 0.136 e. The van der Waals surface area contributed by atoms with Crippen LogP contribution < -0.4 is 0 Å². The minimum absolute atomic E-state index is 0.894. The molecule has 0 amide bonds. The predicted octanol–water partition coefficient (Wildman–Crippen LogP) is 2.45. The molecule has 0 spiro atoms. The minimum atomic E-state index is 0.894. The highest BCUT2D eigenvalue weighted by Crippen LogP contribution is 2.09. The van der Waals surface area contributed by atoms with Gasteiger partial charge in [-0.2, -0.15) is 0 Å². The largest absolute Gasteiger partial charge is 0.304 e. The van der Waals surface area contributed by atoms with Crippen LogP contribution in [0.4, 0.5) is 0 Å². The molecule has 0 unspecified atom stereocenters. The van der Waals surface area contributed by atoms with Crippen LogP contribution in [0.1, 0.15) is 12.6 Å². The number of pyridine rings is 1. The van der Waals surface area contributed by atoms with Gasteiger partial charge in [0.05, 0.1) is 0 Å². The van der Waals surface area contributed by atoms with Crippen LogP contribution in [0, 0.1) is 0 Å². The van der Waals surface area contributed by atoms with Gasteiger partial charge in [-0.25, -0.2) is 4.98 Å². The summed E-state index contributed by atoms with van der Waals surface area (Å²) >= 11 is 0. The van der Waals surface area contributed by atoms with E-state index in [0.29, 0.717) is 0 Å². The van der Waals surface area contributed by atoms with Crippen molar-refractivity contribution in [2.75, 3.05) is 0 Å². The summed E-state index contributed by atoms with van der Waals surface area (Å²) in [4.78, 5) is 4.29. The van der Waals surface area contributed by atoms with Crippen LogP contribution in [0.15, 0.2) is 42.7 Å². The lowest BCUT2D eigenvalue weighted by molar-refractivity contribution is 1.01. The van der Waals surface area contributed by atoms with Crippen molar-refractivity contribution in [1.82, 2.24) is 9.38 Å². The van der Waals surface area contributed by atoms with Crippen molar-refractivity contribution in [3.63, 3.8) is 0 Å². The number of aromatic nitrogens is 2. The number of hydrogen-bond acceptors (Lipinski definition) is 1. The van der Waals surface area contributed by atoms with Crippen molar-refractivity contribution >= 4 is 5.65 Å². The summed E-state index contributed by atoms with van der Waals surface area (Å²) in [6.07, 6.45) is 4.83.